The van der Waals surface area contributed by atoms with E-state index >= 15 is 0 Å². The molecule has 4 nitrogen and oxygen atoms in total. The van der Waals surface area contributed by atoms with Crippen molar-refractivity contribution in [2.24, 2.45) is 5.41 Å². The van der Waals surface area contributed by atoms with Crippen LogP contribution in [0.15, 0.2) is 121 Å². The zero-order valence-electron chi connectivity index (χ0n) is 37.8. The third-order valence-corrected chi connectivity index (χ3v) is 17.2. The van der Waals surface area contributed by atoms with Crippen molar-refractivity contribution in [2.45, 2.75) is 90.9 Å². The molecule has 0 atom stereocenters. The number of nitriles is 2. The number of nitrogens with zero attached hydrogens (tertiary/aromatic N) is 4. The fourth-order valence-corrected chi connectivity index (χ4v) is 12.8. The van der Waals surface area contributed by atoms with Crippen LogP contribution in [-0.2, 0) is 21.7 Å². The van der Waals surface area contributed by atoms with Crippen LogP contribution in [0.2, 0.25) is 0 Å². The lowest BCUT2D eigenvalue weighted by atomic mass is 9.59. The molecule has 0 unspecified atom stereocenters. The number of hydrogen-bond acceptors (Lipinski definition) is 2. The Labute approximate surface area is 369 Å². The third-order valence-electron chi connectivity index (χ3n) is 17.2. The average Bonchev–Trinajstić information content (AvgIpc) is 3.94. The Morgan fingerprint density at radius 2 is 0.746 bits per heavy atom. The maximum atomic E-state index is 11.8. The van der Waals surface area contributed by atoms with E-state index in [9.17, 15) is 10.5 Å². The molecular weight excluding hydrogens is 765 g/mol. The first-order chi connectivity index (χ1) is 30.0. The Morgan fingerprint density at radius 3 is 1.14 bits per heavy atom. The number of para-hydroxylation sites is 2. The summed E-state index contributed by atoms with van der Waals surface area (Å²) in [6, 6.07) is 49.9. The van der Waals surface area contributed by atoms with Crippen molar-refractivity contribution in [1.82, 2.24) is 9.13 Å². The summed E-state index contributed by atoms with van der Waals surface area (Å²) in [5, 5.41) is 28.2. The van der Waals surface area contributed by atoms with Crippen LogP contribution in [0, 0.1) is 28.1 Å². The lowest BCUT2D eigenvalue weighted by molar-refractivity contribution is 0.125. The summed E-state index contributed by atoms with van der Waals surface area (Å²) in [4.78, 5) is 0. The second kappa shape index (κ2) is 11.8. The highest BCUT2D eigenvalue weighted by Crippen LogP contribution is 2.66. The van der Waals surface area contributed by atoms with Gasteiger partial charge in [-0.2, -0.15) is 10.5 Å². The second-order valence-corrected chi connectivity index (χ2v) is 21.2. The molecule has 0 N–H and O–H groups in total. The van der Waals surface area contributed by atoms with Gasteiger partial charge in [0.25, 0.3) is 0 Å². The molecule has 12 rings (SSSR count). The van der Waals surface area contributed by atoms with Gasteiger partial charge in [-0.05, 0) is 108 Å². The van der Waals surface area contributed by atoms with Crippen molar-refractivity contribution in [2.75, 3.05) is 0 Å². The molecule has 4 heteroatoms. The molecule has 0 bridgehead atoms. The highest BCUT2D eigenvalue weighted by Gasteiger charge is 2.60. The predicted molar refractivity (Wildman–Crippen MR) is 260 cm³/mol. The minimum absolute atomic E-state index is 0.172. The van der Waals surface area contributed by atoms with Crippen LogP contribution < -0.4 is 0 Å². The van der Waals surface area contributed by atoms with E-state index in [0.717, 1.165) is 66.1 Å². The summed E-state index contributed by atoms with van der Waals surface area (Å²) < 4.78 is 4.72. The van der Waals surface area contributed by atoms with Crippen LogP contribution in [0.25, 0.3) is 77.2 Å². The van der Waals surface area contributed by atoms with Crippen molar-refractivity contribution < 1.29 is 0 Å². The van der Waals surface area contributed by atoms with Crippen molar-refractivity contribution >= 4 is 43.6 Å². The van der Waals surface area contributed by atoms with E-state index in [1.54, 1.807) is 0 Å². The second-order valence-electron chi connectivity index (χ2n) is 21.2. The Kier molecular flexibility index (Phi) is 7.07. The summed E-state index contributed by atoms with van der Waals surface area (Å²) >= 11 is 0. The van der Waals surface area contributed by atoms with Crippen LogP contribution >= 0.6 is 0 Å². The first-order valence-electron chi connectivity index (χ1n) is 22.4. The Bertz CT molecular complexity index is 3430. The monoisotopic (exact) mass is 814 g/mol. The largest absolute Gasteiger partial charge is 0.308 e. The number of hydrogen-bond donors (Lipinski definition) is 0. The minimum atomic E-state index is -0.443. The molecule has 7 aromatic carbocycles. The van der Waals surface area contributed by atoms with Gasteiger partial charge in [-0.3, -0.25) is 0 Å². The van der Waals surface area contributed by atoms with Crippen molar-refractivity contribution in [3.8, 4) is 45.8 Å². The molecule has 2 aromatic heterocycles. The van der Waals surface area contributed by atoms with Gasteiger partial charge >= 0.3 is 0 Å². The zero-order chi connectivity index (χ0) is 43.9. The number of aromatic nitrogens is 2. The first kappa shape index (κ1) is 37.8. The van der Waals surface area contributed by atoms with E-state index in [1.807, 2.05) is 0 Å². The van der Waals surface area contributed by atoms with Gasteiger partial charge in [-0.1, -0.05) is 154 Å². The minimum Gasteiger partial charge on any atom is -0.308 e. The van der Waals surface area contributed by atoms with Crippen molar-refractivity contribution in [1.29, 1.82) is 10.5 Å². The summed E-state index contributed by atoms with van der Waals surface area (Å²) in [6.45, 7) is 23.5. The van der Waals surface area contributed by atoms with Crippen LogP contribution in [0.3, 0.4) is 0 Å². The normalized spacial score (nSPS) is 17.7. The molecule has 3 aliphatic carbocycles. The van der Waals surface area contributed by atoms with Gasteiger partial charge in [0.2, 0.25) is 0 Å². The van der Waals surface area contributed by atoms with Crippen LogP contribution in [0.5, 0.6) is 0 Å². The van der Waals surface area contributed by atoms with Crippen LogP contribution in [-0.4, -0.2) is 9.13 Å². The molecule has 0 fully saturated rings. The summed E-state index contributed by atoms with van der Waals surface area (Å²) in [7, 11) is 0. The van der Waals surface area contributed by atoms with E-state index < -0.39 is 10.8 Å². The fourth-order valence-electron chi connectivity index (χ4n) is 12.8. The number of benzene rings is 7. The molecule has 3 aliphatic rings. The van der Waals surface area contributed by atoms with Crippen molar-refractivity contribution in [3.05, 3.63) is 166 Å². The lowest BCUT2D eigenvalue weighted by Crippen LogP contribution is -2.42. The van der Waals surface area contributed by atoms with Crippen LogP contribution in [0.4, 0.5) is 0 Å². The lowest BCUT2D eigenvalue weighted by Gasteiger charge is -2.45. The van der Waals surface area contributed by atoms with Gasteiger partial charge in [-0.25, -0.2) is 0 Å². The average molecular weight is 815 g/mol. The van der Waals surface area contributed by atoms with E-state index in [2.05, 4.69) is 212 Å². The van der Waals surface area contributed by atoms with E-state index in [-0.39, 0.29) is 16.2 Å². The highest BCUT2D eigenvalue weighted by molar-refractivity contribution is 6.14. The molecule has 0 aliphatic heterocycles. The molecule has 306 valence electrons. The fraction of sp³-hybridized carbons (Fsp3) is 0.254. The molecule has 0 spiro atoms. The summed E-state index contributed by atoms with van der Waals surface area (Å²) in [6.07, 6.45) is 0. The van der Waals surface area contributed by atoms with Gasteiger partial charge in [0.05, 0.1) is 44.6 Å². The maximum Gasteiger partial charge on any atom is 0.103 e. The smallest absolute Gasteiger partial charge is 0.103 e. The Morgan fingerprint density at radius 1 is 0.381 bits per heavy atom. The van der Waals surface area contributed by atoms with E-state index in [1.165, 1.54) is 44.5 Å². The molecular formula is C59H50N4. The summed E-state index contributed by atoms with van der Waals surface area (Å²) in [5.74, 6) is 0. The van der Waals surface area contributed by atoms with Gasteiger partial charge in [-0.15, -0.1) is 0 Å². The highest BCUT2D eigenvalue weighted by atomic mass is 15.0. The van der Waals surface area contributed by atoms with Crippen molar-refractivity contribution in [3.63, 3.8) is 0 Å². The first-order valence-corrected chi connectivity index (χ1v) is 22.4. The predicted octanol–water partition coefficient (Wildman–Crippen LogP) is 14.8. The Hall–Kier alpha value is -6.88. The van der Waals surface area contributed by atoms with Gasteiger partial charge in [0.1, 0.15) is 12.1 Å². The molecule has 9 aromatic rings. The summed E-state index contributed by atoms with van der Waals surface area (Å²) in [5.41, 5.74) is 17.6. The molecule has 63 heavy (non-hydrogen) atoms. The number of rotatable bonds is 2. The molecule has 0 amide bonds. The van der Waals surface area contributed by atoms with Gasteiger partial charge in [0.15, 0.2) is 0 Å². The topological polar surface area (TPSA) is 57.4 Å². The molecule has 0 saturated carbocycles. The maximum absolute atomic E-state index is 11.8. The Balaban J connectivity index is 1.28. The quantitative estimate of drug-likeness (QED) is 0.175. The molecule has 0 saturated heterocycles. The zero-order valence-corrected chi connectivity index (χ0v) is 37.8. The molecule has 0 radical (unpaired) electrons. The molecule has 2 heterocycles. The van der Waals surface area contributed by atoms with Gasteiger partial charge in [0, 0.05) is 32.4 Å². The van der Waals surface area contributed by atoms with Gasteiger partial charge < -0.3 is 9.13 Å². The van der Waals surface area contributed by atoms with E-state index in [0.29, 0.717) is 11.1 Å². The SMILES string of the molecule is CC1(C)c2ccccc2-c2cc3c(cc21)c1ccccc1n3-c1c(C#N)c(C#N)c(-n2c3ccccc3c3cc4c(cc32)-c2ccccc2C4(C)C)c2c1C(C)(C)C(C)(C)C2(C)C. The standard InChI is InChI=1S/C59H50N4/c1-55(2)43-23-15-11-19-33(43)37-29-49-39(27-45(37)55)35-21-13-17-25-47(35)62(49)53-41(31-60)42(32-61)54(52-51(53)57(5,6)59(9,10)58(52,7)8)63-48-26-18-14-22-36(48)40-28-46-38(30-50(40)63)34-20-12-16-24-44(34)56(46,3)4/h11-30H,1-10H3. The third kappa shape index (κ3) is 4.26. The van der Waals surface area contributed by atoms with E-state index in [4.69, 9.17) is 0 Å². The number of fused-ring (bicyclic) bond motifs is 13. The van der Waals surface area contributed by atoms with Crippen LogP contribution in [0.1, 0.15) is 114 Å².